The first kappa shape index (κ1) is 18.5. The lowest BCUT2D eigenvalue weighted by molar-refractivity contribution is -0.137. The molecule has 24 heavy (non-hydrogen) atoms. The van der Waals surface area contributed by atoms with Gasteiger partial charge in [-0.15, -0.1) is 0 Å². The number of halogens is 3. The largest absolute Gasteiger partial charge is 0.448 e. The lowest BCUT2D eigenvalue weighted by Gasteiger charge is -2.24. The molecule has 0 aromatic heterocycles. The highest BCUT2D eigenvalue weighted by Gasteiger charge is 2.34. The number of amides is 1. The number of nitrogens with zero attached hydrogens (tertiary/aromatic N) is 2. The minimum atomic E-state index is -4.37. The minimum Gasteiger partial charge on any atom is -0.448 e. The second-order valence-electron chi connectivity index (χ2n) is 6.03. The first-order valence-corrected chi connectivity index (χ1v) is 7.62. The molecule has 2 atom stereocenters. The zero-order valence-electron chi connectivity index (χ0n) is 13.6. The molecule has 1 aromatic rings. The van der Waals surface area contributed by atoms with Crippen molar-refractivity contribution in [2.75, 3.05) is 33.8 Å². The molecule has 1 heterocycles. The van der Waals surface area contributed by atoms with Crippen LogP contribution in [0.25, 0.3) is 0 Å². The summed E-state index contributed by atoms with van der Waals surface area (Å²) in [6, 6.07) is 4.77. The van der Waals surface area contributed by atoms with Gasteiger partial charge >= 0.3 is 12.3 Å². The topological polar surface area (TPSA) is 53.0 Å². The molecule has 1 N–H and O–H groups in total. The van der Waals surface area contributed by atoms with Gasteiger partial charge < -0.3 is 14.7 Å². The molecular formula is C16H21F3N2O3. The summed E-state index contributed by atoms with van der Waals surface area (Å²) >= 11 is 0. The second-order valence-corrected chi connectivity index (χ2v) is 6.03. The molecule has 1 aliphatic rings. The third-order valence-corrected chi connectivity index (χ3v) is 3.97. The minimum absolute atomic E-state index is 0.154. The summed E-state index contributed by atoms with van der Waals surface area (Å²) in [5.74, 6) is 0. The average Bonchev–Trinajstić information content (AvgIpc) is 2.87. The van der Waals surface area contributed by atoms with Gasteiger partial charge in [-0.1, -0.05) is 12.1 Å². The zero-order valence-corrected chi connectivity index (χ0v) is 13.6. The molecule has 1 saturated heterocycles. The van der Waals surface area contributed by atoms with E-state index in [2.05, 4.69) is 0 Å². The van der Waals surface area contributed by atoms with Crippen LogP contribution in [0.2, 0.25) is 0 Å². The highest BCUT2D eigenvalue weighted by atomic mass is 19.4. The molecular weight excluding hydrogens is 325 g/mol. The number of alkyl halides is 3. The van der Waals surface area contributed by atoms with Gasteiger partial charge in [-0.3, -0.25) is 4.90 Å². The fourth-order valence-electron chi connectivity index (χ4n) is 2.75. The number of carbonyl (C=O) groups is 1. The number of aliphatic hydroxyl groups is 1. The summed E-state index contributed by atoms with van der Waals surface area (Å²) in [5.41, 5.74) is 0.00902. The monoisotopic (exact) mass is 346 g/mol. The number of rotatable bonds is 4. The Bertz CT molecular complexity index is 561. The fourth-order valence-corrected chi connectivity index (χ4v) is 2.75. The van der Waals surface area contributed by atoms with Crippen molar-refractivity contribution in [2.45, 2.75) is 24.7 Å². The Kier molecular flexibility index (Phi) is 5.71. The zero-order chi connectivity index (χ0) is 17.9. The first-order valence-electron chi connectivity index (χ1n) is 7.62. The van der Waals surface area contributed by atoms with Crippen LogP contribution >= 0.6 is 0 Å². The van der Waals surface area contributed by atoms with Crippen molar-refractivity contribution >= 4 is 6.09 Å². The summed E-state index contributed by atoms with van der Waals surface area (Å²) in [6.07, 6.45) is -4.94. The third kappa shape index (κ3) is 4.61. The van der Waals surface area contributed by atoms with E-state index < -0.39 is 23.9 Å². The predicted octanol–water partition coefficient (Wildman–Crippen LogP) is 2.51. The summed E-state index contributed by atoms with van der Waals surface area (Å²) < 4.78 is 43.0. The predicted molar refractivity (Wildman–Crippen MR) is 81.4 cm³/mol. The molecule has 0 aliphatic carbocycles. The van der Waals surface area contributed by atoms with E-state index in [4.69, 9.17) is 4.74 Å². The van der Waals surface area contributed by atoms with Gasteiger partial charge in [-0.25, -0.2) is 4.79 Å². The van der Waals surface area contributed by atoms with Crippen LogP contribution in [0.3, 0.4) is 0 Å². The smallest absolute Gasteiger partial charge is 0.416 e. The fraction of sp³-hybridized carbons (Fsp3) is 0.562. The summed E-state index contributed by atoms with van der Waals surface area (Å²) in [7, 11) is 3.15. The van der Waals surface area contributed by atoms with Gasteiger partial charge in [0.1, 0.15) is 6.61 Å². The average molecular weight is 346 g/mol. The molecule has 1 aliphatic heterocycles. The van der Waals surface area contributed by atoms with E-state index in [9.17, 15) is 23.1 Å². The standard InChI is InChI=1S/C16H21F3N2O3/c1-20(2)15(23)24-8-7-21-10-13(22)9-14(21)11-3-5-12(6-4-11)16(17,18)19/h3-6,13-14,22H,7-10H2,1-2H3/t13-,14+/m0/s1. The molecule has 0 saturated carbocycles. The molecule has 1 fully saturated rings. The van der Waals surface area contributed by atoms with Gasteiger partial charge in [0.15, 0.2) is 0 Å². The van der Waals surface area contributed by atoms with Gasteiger partial charge in [0.25, 0.3) is 0 Å². The third-order valence-electron chi connectivity index (χ3n) is 3.97. The molecule has 0 bridgehead atoms. The summed E-state index contributed by atoms with van der Waals surface area (Å²) in [5, 5.41) is 9.87. The second kappa shape index (κ2) is 7.40. The number of benzene rings is 1. The molecule has 1 amide bonds. The Morgan fingerprint density at radius 1 is 1.33 bits per heavy atom. The van der Waals surface area contributed by atoms with Crippen molar-refractivity contribution in [2.24, 2.45) is 0 Å². The van der Waals surface area contributed by atoms with Gasteiger partial charge in [-0.2, -0.15) is 13.2 Å². The van der Waals surface area contributed by atoms with Crippen LogP contribution in [-0.4, -0.2) is 60.9 Å². The molecule has 5 nitrogen and oxygen atoms in total. The van der Waals surface area contributed by atoms with E-state index >= 15 is 0 Å². The van der Waals surface area contributed by atoms with E-state index in [1.165, 1.54) is 17.0 Å². The van der Waals surface area contributed by atoms with E-state index in [1.54, 1.807) is 14.1 Å². The summed E-state index contributed by atoms with van der Waals surface area (Å²) in [6.45, 7) is 0.953. The SMILES string of the molecule is CN(C)C(=O)OCCN1C[C@@H](O)C[C@@H]1c1ccc(C(F)(F)F)cc1. The van der Waals surface area contributed by atoms with Crippen LogP contribution in [0.4, 0.5) is 18.0 Å². The van der Waals surface area contributed by atoms with Crippen LogP contribution in [0.5, 0.6) is 0 Å². The van der Waals surface area contributed by atoms with Gasteiger partial charge in [0.2, 0.25) is 0 Å². The number of aliphatic hydroxyl groups excluding tert-OH is 1. The van der Waals surface area contributed by atoms with Crippen molar-refractivity contribution in [3.05, 3.63) is 35.4 Å². The molecule has 134 valence electrons. The number of β-amino-alcohol motifs (C(OH)–C–C–N with tert-alkyl or cyclic N) is 1. The Morgan fingerprint density at radius 3 is 2.50 bits per heavy atom. The van der Waals surface area contributed by atoms with Crippen molar-refractivity contribution in [3.63, 3.8) is 0 Å². The van der Waals surface area contributed by atoms with Crippen molar-refractivity contribution < 1.29 is 27.8 Å². The van der Waals surface area contributed by atoms with Crippen LogP contribution < -0.4 is 0 Å². The van der Waals surface area contributed by atoms with Gasteiger partial charge in [0, 0.05) is 33.2 Å². The lowest BCUT2D eigenvalue weighted by atomic mass is 10.0. The quantitative estimate of drug-likeness (QED) is 0.910. The van der Waals surface area contributed by atoms with Gasteiger partial charge in [-0.05, 0) is 24.1 Å². The van der Waals surface area contributed by atoms with Crippen LogP contribution in [0, 0.1) is 0 Å². The molecule has 8 heteroatoms. The van der Waals surface area contributed by atoms with E-state index in [0.29, 0.717) is 25.1 Å². The molecule has 1 aromatic carbocycles. The maximum atomic E-state index is 12.6. The number of hydrogen-bond acceptors (Lipinski definition) is 4. The van der Waals surface area contributed by atoms with E-state index in [-0.39, 0.29) is 12.6 Å². The number of hydrogen-bond donors (Lipinski definition) is 1. The highest BCUT2D eigenvalue weighted by Crippen LogP contribution is 2.34. The first-order chi connectivity index (χ1) is 11.2. The maximum absolute atomic E-state index is 12.6. The Hall–Kier alpha value is -1.80. The van der Waals surface area contributed by atoms with Crippen molar-refractivity contribution in [1.82, 2.24) is 9.80 Å². The van der Waals surface area contributed by atoms with Crippen LogP contribution in [0.1, 0.15) is 23.6 Å². The molecule has 0 spiro atoms. The summed E-state index contributed by atoms with van der Waals surface area (Å²) in [4.78, 5) is 14.6. The Labute approximate surface area is 138 Å². The van der Waals surface area contributed by atoms with Crippen LogP contribution in [0.15, 0.2) is 24.3 Å². The maximum Gasteiger partial charge on any atom is 0.416 e. The molecule has 2 rings (SSSR count). The molecule has 0 unspecified atom stereocenters. The molecule has 0 radical (unpaired) electrons. The van der Waals surface area contributed by atoms with E-state index in [1.807, 2.05) is 4.90 Å². The number of ether oxygens (including phenoxy) is 1. The highest BCUT2D eigenvalue weighted by molar-refractivity contribution is 5.66. The van der Waals surface area contributed by atoms with Crippen LogP contribution in [-0.2, 0) is 10.9 Å². The Balaban J connectivity index is 2.00. The van der Waals surface area contributed by atoms with E-state index in [0.717, 1.165) is 12.1 Å². The number of likely N-dealkylation sites (tertiary alicyclic amines) is 1. The lowest BCUT2D eigenvalue weighted by Crippen LogP contribution is -2.31. The van der Waals surface area contributed by atoms with Crippen molar-refractivity contribution in [3.8, 4) is 0 Å². The normalized spacial score (nSPS) is 21.8. The van der Waals surface area contributed by atoms with Crippen molar-refractivity contribution in [1.29, 1.82) is 0 Å². The Morgan fingerprint density at radius 2 is 1.96 bits per heavy atom. The van der Waals surface area contributed by atoms with Gasteiger partial charge in [0.05, 0.1) is 11.7 Å². The number of carbonyl (C=O) groups excluding carboxylic acids is 1.